The van der Waals surface area contributed by atoms with Crippen molar-refractivity contribution < 1.29 is 65.3 Å². The second-order valence-electron chi connectivity index (χ2n) is 11.8. The summed E-state index contributed by atoms with van der Waals surface area (Å²) in [5.41, 5.74) is 14.3. The van der Waals surface area contributed by atoms with Crippen molar-refractivity contribution in [2.24, 2.45) is 17.2 Å². The number of nitrogens with two attached hydrogens (primary N) is 3. The Morgan fingerprint density at radius 3 is 1.57 bits per heavy atom. The van der Waals surface area contributed by atoms with Gasteiger partial charge in [-0.1, -0.05) is 0 Å². The molecule has 58 heavy (non-hydrogen) atoms. The number of aryl methyl sites for hydroxylation is 2. The number of aromatic nitrogens is 4. The van der Waals surface area contributed by atoms with Gasteiger partial charge in [0.05, 0.1) is 6.54 Å². The zero-order chi connectivity index (χ0) is 45.1. The first-order valence-corrected chi connectivity index (χ1v) is 16.4. The van der Waals surface area contributed by atoms with Crippen LogP contribution in [-0.4, -0.2) is 132 Å². The number of aromatic amines is 2. The average Bonchev–Trinajstić information content (AvgIpc) is 3.09. The van der Waals surface area contributed by atoms with Gasteiger partial charge in [0, 0.05) is 49.7 Å². The fourth-order valence-electron chi connectivity index (χ4n) is 4.37. The molecule has 2 rings (SSSR count). The summed E-state index contributed by atoms with van der Waals surface area (Å²) in [6, 6.07) is -1.01. The number of primary amides is 1. The number of carboxylic acids is 2. The molecule has 0 radical (unpaired) electrons. The molecule has 0 bridgehead atoms. The third-order valence-electron chi connectivity index (χ3n) is 7.16. The topological polar surface area (TPSA) is 349 Å². The van der Waals surface area contributed by atoms with Crippen molar-refractivity contribution in [2.75, 3.05) is 39.3 Å². The highest BCUT2D eigenvalue weighted by atomic mass is 19.4. The van der Waals surface area contributed by atoms with Crippen LogP contribution in [0.15, 0.2) is 31.6 Å². The Labute approximate surface area is 321 Å². The molecule has 0 spiro atoms. The van der Waals surface area contributed by atoms with E-state index in [0.29, 0.717) is 19.4 Å². The monoisotopic (exact) mass is 848 g/mol. The second-order valence-corrected chi connectivity index (χ2v) is 11.8. The number of nitrogens with one attached hydrogen (secondary N) is 3. The van der Waals surface area contributed by atoms with E-state index >= 15 is 0 Å². The van der Waals surface area contributed by atoms with Crippen molar-refractivity contribution in [3.63, 3.8) is 0 Å². The molecule has 22 nitrogen and oxygen atoms in total. The molecular formula is C30H42F6N10O12. The van der Waals surface area contributed by atoms with Gasteiger partial charge in [-0.05, 0) is 39.7 Å². The van der Waals surface area contributed by atoms with E-state index in [1.165, 1.54) is 31.1 Å². The second kappa shape index (κ2) is 23.7. The summed E-state index contributed by atoms with van der Waals surface area (Å²) in [6.07, 6.45) is -6.44. The number of hydrogen-bond donors (Lipinski definition) is 8. The fraction of sp³-hybridized carbons (Fsp3) is 0.533. The minimum atomic E-state index is -5.08. The number of carboxylic acid groups (broad SMARTS) is 2. The highest BCUT2D eigenvalue weighted by Crippen LogP contribution is 2.14. The Balaban J connectivity index is 0.00000197. The fourth-order valence-corrected chi connectivity index (χ4v) is 4.37. The number of amides is 4. The molecule has 0 unspecified atom stereocenters. The molecule has 1 atom stereocenters. The molecule has 326 valence electrons. The van der Waals surface area contributed by atoms with E-state index < -0.39 is 96.1 Å². The molecule has 11 N–H and O–H groups in total. The smallest absolute Gasteiger partial charge is 0.475 e. The number of alkyl halides is 6. The van der Waals surface area contributed by atoms with E-state index in [9.17, 15) is 64.7 Å². The SMILES string of the molecule is Cc1cn(CC(=O)N(CCNC(=O)[C@@H](CCCCN)N(CCN)C(=O)Cn2cc(C)c(=O)[nH]c2=O)CC(N)=O)c(=O)[nH]c1=O.O=C(O)C(F)(F)F.O=C(O)C(F)(F)F. The van der Waals surface area contributed by atoms with Gasteiger partial charge in [-0.2, -0.15) is 26.3 Å². The van der Waals surface area contributed by atoms with Crippen LogP contribution in [0.25, 0.3) is 0 Å². The van der Waals surface area contributed by atoms with Gasteiger partial charge in [0.1, 0.15) is 19.1 Å². The lowest BCUT2D eigenvalue weighted by Gasteiger charge is -2.31. The molecule has 0 saturated heterocycles. The minimum Gasteiger partial charge on any atom is -0.475 e. The zero-order valence-corrected chi connectivity index (χ0v) is 30.8. The molecule has 28 heteroatoms. The number of aliphatic carboxylic acids is 2. The van der Waals surface area contributed by atoms with Crippen LogP contribution >= 0.6 is 0 Å². The number of halogens is 6. The average molecular weight is 849 g/mol. The van der Waals surface area contributed by atoms with Crippen LogP contribution in [0.4, 0.5) is 26.3 Å². The van der Waals surface area contributed by atoms with Gasteiger partial charge in [-0.25, -0.2) is 19.2 Å². The van der Waals surface area contributed by atoms with E-state index in [1.807, 2.05) is 0 Å². The zero-order valence-electron chi connectivity index (χ0n) is 30.8. The summed E-state index contributed by atoms with van der Waals surface area (Å²) in [5.74, 6) is -8.19. The molecule has 0 saturated carbocycles. The third kappa shape index (κ3) is 18.5. The normalized spacial score (nSPS) is 11.5. The number of nitrogens with zero attached hydrogens (tertiary/aromatic N) is 4. The Morgan fingerprint density at radius 1 is 0.759 bits per heavy atom. The largest absolute Gasteiger partial charge is 0.490 e. The van der Waals surface area contributed by atoms with Gasteiger partial charge in [0.15, 0.2) is 0 Å². The van der Waals surface area contributed by atoms with Crippen LogP contribution in [-0.2, 0) is 41.9 Å². The van der Waals surface area contributed by atoms with Crippen molar-refractivity contribution in [1.29, 1.82) is 0 Å². The van der Waals surface area contributed by atoms with Gasteiger partial charge in [-0.3, -0.25) is 47.9 Å². The van der Waals surface area contributed by atoms with Gasteiger partial charge >= 0.3 is 35.7 Å². The quantitative estimate of drug-likeness (QED) is 0.0571. The summed E-state index contributed by atoms with van der Waals surface area (Å²) in [5, 5.41) is 16.9. The lowest BCUT2D eigenvalue weighted by Crippen LogP contribution is -2.53. The van der Waals surface area contributed by atoms with Gasteiger partial charge in [0.25, 0.3) is 11.1 Å². The third-order valence-corrected chi connectivity index (χ3v) is 7.16. The predicted molar refractivity (Wildman–Crippen MR) is 186 cm³/mol. The number of carbonyl (C=O) groups is 6. The number of rotatable bonds is 17. The number of carbonyl (C=O) groups excluding carboxylic acids is 4. The Morgan fingerprint density at radius 2 is 1.19 bits per heavy atom. The molecule has 0 aliphatic heterocycles. The predicted octanol–water partition coefficient (Wildman–Crippen LogP) is -3.31. The van der Waals surface area contributed by atoms with E-state index in [4.69, 9.17) is 37.0 Å². The van der Waals surface area contributed by atoms with E-state index in [2.05, 4.69) is 15.3 Å². The van der Waals surface area contributed by atoms with E-state index in [1.54, 1.807) is 0 Å². The summed E-state index contributed by atoms with van der Waals surface area (Å²) < 4.78 is 65.5. The van der Waals surface area contributed by atoms with Crippen molar-refractivity contribution in [3.8, 4) is 0 Å². The maximum atomic E-state index is 13.4. The van der Waals surface area contributed by atoms with E-state index in [0.717, 1.165) is 14.0 Å². The summed E-state index contributed by atoms with van der Waals surface area (Å²) in [7, 11) is 0. The highest BCUT2D eigenvalue weighted by Gasteiger charge is 2.39. The lowest BCUT2D eigenvalue weighted by atomic mass is 10.1. The van der Waals surface area contributed by atoms with Crippen LogP contribution in [0.5, 0.6) is 0 Å². The van der Waals surface area contributed by atoms with Crippen LogP contribution < -0.4 is 45.0 Å². The van der Waals surface area contributed by atoms with Gasteiger partial charge in [-0.15, -0.1) is 0 Å². The maximum Gasteiger partial charge on any atom is 0.490 e. The van der Waals surface area contributed by atoms with Crippen LogP contribution in [0.2, 0.25) is 0 Å². The standard InChI is InChI=1S/C26H40N10O8.2C2HF3O2/c1-16-11-34(25(43)31-22(16)40)14-20(38)33(13-19(29)37)10-8-30-24(42)18(5-3-4-6-27)36(9-7-28)21(39)15-35-12-17(2)23(41)32-26(35)44;2*3-2(4,5)1(6)7/h11-12,18H,3-10,13-15,27-28H2,1-2H3,(H2,29,37)(H,30,42)(H,31,40,43)(H,32,41,44);2*(H,6,7)/t18-;;/m1../s1. The molecule has 0 fully saturated rings. The molecule has 0 aliphatic carbocycles. The van der Waals surface area contributed by atoms with Gasteiger partial charge in [0.2, 0.25) is 23.6 Å². The van der Waals surface area contributed by atoms with Crippen molar-refractivity contribution in [3.05, 3.63) is 65.2 Å². The lowest BCUT2D eigenvalue weighted by molar-refractivity contribution is -0.193. The molecule has 2 heterocycles. The molecule has 0 aromatic carbocycles. The molecule has 0 aliphatic rings. The number of unbranched alkanes of at least 4 members (excludes halogenated alkanes) is 1. The van der Waals surface area contributed by atoms with Crippen molar-refractivity contribution in [1.82, 2.24) is 34.2 Å². The first-order valence-electron chi connectivity index (χ1n) is 16.4. The Kier molecular flexibility index (Phi) is 21.1. The van der Waals surface area contributed by atoms with Gasteiger partial charge < -0.3 is 42.5 Å². The van der Waals surface area contributed by atoms with Crippen molar-refractivity contribution >= 4 is 35.6 Å². The maximum absolute atomic E-state index is 13.4. The number of H-pyrrole nitrogens is 2. The summed E-state index contributed by atoms with van der Waals surface area (Å²) in [4.78, 5) is 123. The van der Waals surface area contributed by atoms with E-state index in [-0.39, 0.29) is 43.7 Å². The Bertz CT molecular complexity index is 1970. The van der Waals surface area contributed by atoms with Crippen LogP contribution in [0.1, 0.15) is 30.4 Å². The molecule has 2 aromatic heterocycles. The summed E-state index contributed by atoms with van der Waals surface area (Å²) in [6.45, 7) is 1.51. The molecule has 4 amide bonds. The minimum absolute atomic E-state index is 0.0104. The van der Waals surface area contributed by atoms with Crippen molar-refractivity contribution in [2.45, 2.75) is 64.6 Å². The molecule has 2 aromatic rings. The number of hydrogen-bond acceptors (Lipinski definition) is 12. The Hall–Kier alpha value is -6.32. The summed E-state index contributed by atoms with van der Waals surface area (Å²) >= 11 is 0. The first-order chi connectivity index (χ1) is 26.7. The van der Waals surface area contributed by atoms with Crippen LogP contribution in [0.3, 0.4) is 0 Å². The highest BCUT2D eigenvalue weighted by molar-refractivity contribution is 5.88. The molecular weight excluding hydrogens is 806 g/mol. The first kappa shape index (κ1) is 51.7. The van der Waals surface area contributed by atoms with Crippen LogP contribution in [0, 0.1) is 13.8 Å².